The molecule has 0 radical (unpaired) electrons. The van der Waals surface area contributed by atoms with Crippen molar-refractivity contribution in [2.45, 2.75) is 25.3 Å². The highest BCUT2D eigenvalue weighted by Gasteiger charge is 2.22. The normalized spacial score (nSPS) is 11.2. The third kappa shape index (κ3) is 4.46. The molecule has 0 spiro atoms. The smallest absolute Gasteiger partial charge is 0.293 e. The number of rotatable bonds is 7. The molecule has 0 unspecified atom stereocenters. The molecule has 0 saturated heterocycles. The van der Waals surface area contributed by atoms with E-state index in [0.29, 0.717) is 12.2 Å². The van der Waals surface area contributed by atoms with Crippen LogP contribution in [0.25, 0.3) is 0 Å². The molecule has 10 heteroatoms. The van der Waals surface area contributed by atoms with Gasteiger partial charge in [-0.2, -0.15) is 0 Å². The van der Waals surface area contributed by atoms with E-state index in [2.05, 4.69) is 15.0 Å². The van der Waals surface area contributed by atoms with Crippen molar-refractivity contribution in [1.82, 2.24) is 4.98 Å². The molecule has 146 valence electrons. The number of anilines is 2. The first-order valence-electron chi connectivity index (χ1n) is 8.29. The maximum Gasteiger partial charge on any atom is 0.293 e. The SMILES string of the molecule is Cc1nc(CNc2ccc(S(=O)(=O)Nc3ccccc3)cc2[N+](=O)[O-])c(C)s1. The zero-order valence-electron chi connectivity index (χ0n) is 15.2. The monoisotopic (exact) mass is 418 g/mol. The number of para-hydroxylation sites is 1. The van der Waals surface area contributed by atoms with Crippen LogP contribution in [-0.4, -0.2) is 18.3 Å². The van der Waals surface area contributed by atoms with E-state index in [1.165, 1.54) is 12.1 Å². The molecule has 0 aliphatic rings. The Bertz CT molecular complexity index is 1110. The first-order chi connectivity index (χ1) is 13.3. The molecular formula is C18H18N4O4S2. The summed E-state index contributed by atoms with van der Waals surface area (Å²) in [6, 6.07) is 12.1. The lowest BCUT2D eigenvalue weighted by molar-refractivity contribution is -0.384. The van der Waals surface area contributed by atoms with Crippen molar-refractivity contribution in [3.8, 4) is 0 Å². The summed E-state index contributed by atoms with van der Waals surface area (Å²) in [6.07, 6.45) is 0. The molecule has 1 heterocycles. The number of sulfonamides is 1. The van der Waals surface area contributed by atoms with Gasteiger partial charge in [-0.1, -0.05) is 18.2 Å². The molecule has 0 fully saturated rings. The fourth-order valence-electron chi connectivity index (χ4n) is 2.61. The van der Waals surface area contributed by atoms with E-state index in [1.54, 1.807) is 41.7 Å². The predicted octanol–water partition coefficient (Wildman–Crippen LogP) is 4.08. The lowest BCUT2D eigenvalue weighted by atomic mass is 10.2. The van der Waals surface area contributed by atoms with Gasteiger partial charge >= 0.3 is 0 Å². The van der Waals surface area contributed by atoms with Crippen molar-refractivity contribution in [1.29, 1.82) is 0 Å². The van der Waals surface area contributed by atoms with Crippen molar-refractivity contribution in [3.05, 3.63) is 74.2 Å². The van der Waals surface area contributed by atoms with Gasteiger partial charge in [0.15, 0.2) is 0 Å². The zero-order valence-corrected chi connectivity index (χ0v) is 16.8. The van der Waals surface area contributed by atoms with Crippen molar-refractivity contribution in [3.63, 3.8) is 0 Å². The van der Waals surface area contributed by atoms with Crippen molar-refractivity contribution in [2.75, 3.05) is 10.0 Å². The second-order valence-electron chi connectivity index (χ2n) is 6.00. The summed E-state index contributed by atoms with van der Waals surface area (Å²) in [5.74, 6) is 0. The maximum atomic E-state index is 12.6. The summed E-state index contributed by atoms with van der Waals surface area (Å²) in [7, 11) is -3.95. The standard InChI is InChI=1S/C18H18N4O4S2/c1-12-17(20-13(2)27-12)11-19-16-9-8-15(10-18(16)22(23)24)28(25,26)21-14-6-4-3-5-7-14/h3-10,19,21H,11H2,1-2H3. The lowest BCUT2D eigenvalue weighted by Gasteiger charge is -2.10. The van der Waals surface area contributed by atoms with Gasteiger partial charge in [-0.15, -0.1) is 11.3 Å². The number of thiazole rings is 1. The number of nitrogens with zero attached hydrogens (tertiary/aromatic N) is 2. The zero-order chi connectivity index (χ0) is 20.3. The van der Waals surface area contributed by atoms with Crippen LogP contribution in [0.15, 0.2) is 53.4 Å². The maximum absolute atomic E-state index is 12.6. The molecule has 0 aliphatic carbocycles. The van der Waals surface area contributed by atoms with Crippen LogP contribution in [0.3, 0.4) is 0 Å². The lowest BCUT2D eigenvalue weighted by Crippen LogP contribution is -2.13. The van der Waals surface area contributed by atoms with Crippen LogP contribution in [0.2, 0.25) is 0 Å². The van der Waals surface area contributed by atoms with Crippen LogP contribution < -0.4 is 10.0 Å². The summed E-state index contributed by atoms with van der Waals surface area (Å²) in [5, 5.41) is 15.4. The van der Waals surface area contributed by atoms with Gasteiger partial charge in [0, 0.05) is 16.6 Å². The average Bonchev–Trinajstić information content (AvgIpc) is 2.97. The molecule has 0 saturated carbocycles. The van der Waals surface area contributed by atoms with E-state index >= 15 is 0 Å². The Kier molecular flexibility index (Phi) is 5.61. The van der Waals surface area contributed by atoms with Gasteiger partial charge in [-0.05, 0) is 38.1 Å². The molecule has 3 rings (SSSR count). The molecule has 1 aromatic heterocycles. The Morgan fingerprint density at radius 1 is 1.14 bits per heavy atom. The second kappa shape index (κ2) is 7.95. The van der Waals surface area contributed by atoms with E-state index in [4.69, 9.17) is 0 Å². The van der Waals surface area contributed by atoms with Gasteiger partial charge in [0.05, 0.1) is 27.1 Å². The van der Waals surface area contributed by atoms with Crippen LogP contribution in [0.1, 0.15) is 15.6 Å². The van der Waals surface area contributed by atoms with E-state index in [9.17, 15) is 18.5 Å². The number of aromatic nitrogens is 1. The number of hydrogen-bond donors (Lipinski definition) is 2. The van der Waals surface area contributed by atoms with Crippen LogP contribution in [-0.2, 0) is 16.6 Å². The van der Waals surface area contributed by atoms with Gasteiger partial charge in [0.1, 0.15) is 5.69 Å². The number of nitro groups is 1. The molecule has 0 bridgehead atoms. The number of aryl methyl sites for hydroxylation is 2. The van der Waals surface area contributed by atoms with Crippen LogP contribution >= 0.6 is 11.3 Å². The fourth-order valence-corrected chi connectivity index (χ4v) is 4.53. The van der Waals surface area contributed by atoms with Gasteiger partial charge in [-0.3, -0.25) is 14.8 Å². The van der Waals surface area contributed by atoms with Gasteiger partial charge < -0.3 is 5.32 Å². The summed E-state index contributed by atoms with van der Waals surface area (Å²) in [5.41, 5.74) is 1.09. The van der Waals surface area contributed by atoms with E-state index < -0.39 is 14.9 Å². The van der Waals surface area contributed by atoms with Gasteiger partial charge in [0.2, 0.25) is 0 Å². The summed E-state index contributed by atoms with van der Waals surface area (Å²) < 4.78 is 27.5. The highest BCUT2D eigenvalue weighted by atomic mass is 32.2. The average molecular weight is 419 g/mol. The van der Waals surface area contributed by atoms with E-state index in [1.807, 2.05) is 13.8 Å². The highest BCUT2D eigenvalue weighted by molar-refractivity contribution is 7.92. The molecule has 8 nitrogen and oxygen atoms in total. The summed E-state index contributed by atoms with van der Waals surface area (Å²) in [6.45, 7) is 4.13. The summed E-state index contributed by atoms with van der Waals surface area (Å²) >= 11 is 1.55. The Morgan fingerprint density at radius 2 is 1.86 bits per heavy atom. The Morgan fingerprint density at radius 3 is 2.46 bits per heavy atom. The van der Waals surface area contributed by atoms with Crippen LogP contribution in [0, 0.1) is 24.0 Å². The molecule has 2 aromatic carbocycles. The van der Waals surface area contributed by atoms with E-state index in [-0.39, 0.29) is 16.3 Å². The second-order valence-corrected chi connectivity index (χ2v) is 9.09. The molecule has 2 N–H and O–H groups in total. The number of benzene rings is 2. The Balaban J connectivity index is 1.86. The highest BCUT2D eigenvalue weighted by Crippen LogP contribution is 2.29. The van der Waals surface area contributed by atoms with Crippen molar-refractivity contribution >= 4 is 38.4 Å². The minimum atomic E-state index is -3.95. The number of nitro benzene ring substituents is 1. The first-order valence-corrected chi connectivity index (χ1v) is 10.6. The molecule has 3 aromatic rings. The van der Waals surface area contributed by atoms with E-state index in [0.717, 1.165) is 21.6 Å². The van der Waals surface area contributed by atoms with Gasteiger partial charge in [-0.25, -0.2) is 13.4 Å². The number of nitrogens with one attached hydrogen (secondary N) is 2. The van der Waals surface area contributed by atoms with Crippen LogP contribution in [0.5, 0.6) is 0 Å². The third-order valence-corrected chi connectivity index (χ3v) is 6.26. The van der Waals surface area contributed by atoms with Gasteiger partial charge in [0.25, 0.3) is 15.7 Å². The molecule has 0 amide bonds. The fraction of sp³-hybridized carbons (Fsp3) is 0.167. The van der Waals surface area contributed by atoms with Crippen LogP contribution in [0.4, 0.5) is 17.1 Å². The molecule has 28 heavy (non-hydrogen) atoms. The molecule has 0 aliphatic heterocycles. The third-order valence-electron chi connectivity index (χ3n) is 3.95. The number of hydrogen-bond acceptors (Lipinski definition) is 7. The summed E-state index contributed by atoms with van der Waals surface area (Å²) in [4.78, 5) is 16.1. The quantitative estimate of drug-likeness (QED) is 0.441. The predicted molar refractivity (Wildman–Crippen MR) is 109 cm³/mol. The minimum absolute atomic E-state index is 0.186. The topological polar surface area (TPSA) is 114 Å². The first kappa shape index (κ1) is 19.8. The molecule has 0 atom stereocenters. The largest absolute Gasteiger partial charge is 0.374 e. The Labute approximate surface area is 166 Å². The minimum Gasteiger partial charge on any atom is -0.374 e. The molecular weight excluding hydrogens is 400 g/mol. The van der Waals surface area contributed by atoms with Crippen molar-refractivity contribution < 1.29 is 13.3 Å². The van der Waals surface area contributed by atoms with Crippen molar-refractivity contribution in [2.24, 2.45) is 0 Å². The Hall–Kier alpha value is -2.98.